The molecule has 0 aromatic heterocycles. The lowest BCUT2D eigenvalue weighted by atomic mass is 10.1. The van der Waals surface area contributed by atoms with Gasteiger partial charge < -0.3 is 16.0 Å². The molecular weight excluding hydrogens is 400 g/mol. The van der Waals surface area contributed by atoms with Crippen LogP contribution < -0.4 is 16.0 Å². The summed E-state index contributed by atoms with van der Waals surface area (Å²) in [6.07, 6.45) is 1.06. The van der Waals surface area contributed by atoms with Gasteiger partial charge in [0.15, 0.2) is 5.84 Å². The number of nitrogens with one attached hydrogen (secondary N) is 3. The molecule has 0 bridgehead atoms. The molecule has 0 atom stereocenters. The molecule has 2 aromatic carbocycles. The molecule has 9 heteroatoms. The second kappa shape index (κ2) is 9.68. The maximum absolute atomic E-state index is 12.1. The molecule has 0 unspecified atom stereocenters. The number of nitrogens with zero attached hydrogens (tertiary/aromatic N) is 1. The van der Waals surface area contributed by atoms with Gasteiger partial charge in [-0.3, -0.25) is 4.79 Å². The molecule has 3 rings (SSSR count). The Morgan fingerprint density at radius 2 is 1.71 bits per heavy atom. The third-order valence-electron chi connectivity index (χ3n) is 4.06. The van der Waals surface area contributed by atoms with Crippen molar-refractivity contribution < 1.29 is 13.2 Å². The molecule has 3 N–H and O–H groups in total. The average Bonchev–Trinajstić information content (AvgIpc) is 2.92. The van der Waals surface area contributed by atoms with Gasteiger partial charge >= 0.3 is 0 Å². The van der Waals surface area contributed by atoms with E-state index in [0.29, 0.717) is 23.4 Å². The van der Waals surface area contributed by atoms with Crippen LogP contribution >= 0.6 is 12.4 Å². The van der Waals surface area contributed by atoms with Crippen LogP contribution in [0.4, 0.5) is 5.69 Å². The summed E-state index contributed by atoms with van der Waals surface area (Å²) in [7, 11) is -3.66. The van der Waals surface area contributed by atoms with Crippen LogP contribution in [0.3, 0.4) is 0 Å². The van der Waals surface area contributed by atoms with E-state index in [1.807, 2.05) is 0 Å². The van der Waals surface area contributed by atoms with Gasteiger partial charge in [0, 0.05) is 29.9 Å². The van der Waals surface area contributed by atoms with E-state index < -0.39 is 10.0 Å². The minimum Gasteiger partial charge on any atom is -0.351 e. The number of hydrogen-bond acceptors (Lipinski definition) is 5. The standard InChI is InChI=1S/C19H22N4O3S.ClH/c1-2-11-20-12-13-21-19(24)14-7-9-15(10-8-14)22-18-16-5-3-4-6-17(16)27(25,26)23-18;/h3-10,20H,2,11-13H2,1H3,(H,21,24)(H,22,23);1H. The first-order valence-corrected chi connectivity index (χ1v) is 10.3. The van der Waals surface area contributed by atoms with Crippen molar-refractivity contribution in [2.75, 3.05) is 25.0 Å². The summed E-state index contributed by atoms with van der Waals surface area (Å²) in [4.78, 5) is 12.3. The van der Waals surface area contributed by atoms with Crippen LogP contribution in [0.15, 0.2) is 57.8 Å². The Morgan fingerprint density at radius 1 is 1.00 bits per heavy atom. The fraction of sp³-hybridized carbons (Fsp3) is 0.263. The predicted molar refractivity (Wildman–Crippen MR) is 113 cm³/mol. The minimum absolute atomic E-state index is 0. The topological polar surface area (TPSA) is 99.7 Å². The van der Waals surface area contributed by atoms with E-state index in [1.54, 1.807) is 42.5 Å². The van der Waals surface area contributed by atoms with Gasteiger partial charge in [0.05, 0.1) is 0 Å². The van der Waals surface area contributed by atoms with Crippen LogP contribution in [0, 0.1) is 0 Å². The number of rotatable bonds is 7. The molecule has 1 amide bonds. The Hall–Kier alpha value is -2.42. The number of carbonyl (C=O) groups excluding carboxylic acids is 1. The highest BCUT2D eigenvalue weighted by Crippen LogP contribution is 2.26. The number of hydrogen-bond donors (Lipinski definition) is 3. The highest BCUT2D eigenvalue weighted by Gasteiger charge is 2.28. The number of anilines is 1. The molecule has 150 valence electrons. The van der Waals surface area contributed by atoms with E-state index >= 15 is 0 Å². The lowest BCUT2D eigenvalue weighted by Gasteiger charge is -2.09. The highest BCUT2D eigenvalue weighted by molar-refractivity contribution is 7.90. The summed E-state index contributed by atoms with van der Waals surface area (Å²) in [5, 5.41) is 9.08. The van der Waals surface area contributed by atoms with E-state index in [1.165, 1.54) is 6.07 Å². The number of amides is 1. The van der Waals surface area contributed by atoms with Crippen LogP contribution in [0.5, 0.6) is 0 Å². The molecule has 0 saturated carbocycles. The summed E-state index contributed by atoms with van der Waals surface area (Å²) in [5.74, 6) is 0.135. The summed E-state index contributed by atoms with van der Waals surface area (Å²) >= 11 is 0. The molecule has 2 aromatic rings. The Bertz CT molecular complexity index is 959. The Labute approximate surface area is 171 Å². The van der Waals surface area contributed by atoms with Crippen LogP contribution in [0.1, 0.15) is 29.3 Å². The predicted octanol–water partition coefficient (Wildman–Crippen LogP) is 2.40. The molecule has 7 nitrogen and oxygen atoms in total. The molecule has 1 aliphatic heterocycles. The summed E-state index contributed by atoms with van der Waals surface area (Å²) in [6.45, 7) is 4.31. The lowest BCUT2D eigenvalue weighted by molar-refractivity contribution is 0.0954. The zero-order valence-corrected chi connectivity index (χ0v) is 17.1. The number of halogens is 1. The Kier molecular flexibility index (Phi) is 7.56. The van der Waals surface area contributed by atoms with Crippen LogP contribution in [-0.2, 0) is 10.0 Å². The van der Waals surface area contributed by atoms with Crippen molar-refractivity contribution >= 4 is 39.9 Å². The Balaban J connectivity index is 0.00000280. The third kappa shape index (κ3) is 5.09. The number of fused-ring (bicyclic) bond motifs is 1. The highest BCUT2D eigenvalue weighted by atomic mass is 35.5. The first-order chi connectivity index (χ1) is 13.0. The van der Waals surface area contributed by atoms with Gasteiger partial charge in [-0.1, -0.05) is 19.1 Å². The van der Waals surface area contributed by atoms with Gasteiger partial charge in [0.1, 0.15) is 4.90 Å². The molecule has 0 radical (unpaired) electrons. The number of sulfonamides is 1. The maximum Gasteiger partial charge on any atom is 0.285 e. The molecule has 0 saturated heterocycles. The summed E-state index contributed by atoms with van der Waals surface area (Å²) in [5.41, 5.74) is 1.73. The van der Waals surface area contributed by atoms with Crippen molar-refractivity contribution in [3.63, 3.8) is 0 Å². The van der Waals surface area contributed by atoms with E-state index in [9.17, 15) is 13.2 Å². The van der Waals surface area contributed by atoms with E-state index in [2.05, 4.69) is 27.3 Å². The van der Waals surface area contributed by atoms with Crippen molar-refractivity contribution in [2.45, 2.75) is 18.2 Å². The first kappa shape index (κ1) is 21.9. The SMILES string of the molecule is CCCNCCNC(=O)c1ccc(NC2=NS(=O)(=O)c3ccccc32)cc1.Cl. The van der Waals surface area contributed by atoms with E-state index in [0.717, 1.165) is 19.5 Å². The fourth-order valence-corrected chi connectivity index (χ4v) is 3.88. The second-order valence-electron chi connectivity index (χ2n) is 6.12. The van der Waals surface area contributed by atoms with Gasteiger partial charge in [-0.2, -0.15) is 8.42 Å². The monoisotopic (exact) mass is 422 g/mol. The molecular formula is C19H23ClN4O3S. The molecule has 28 heavy (non-hydrogen) atoms. The first-order valence-electron chi connectivity index (χ1n) is 8.81. The largest absolute Gasteiger partial charge is 0.351 e. The zero-order valence-electron chi connectivity index (χ0n) is 15.4. The van der Waals surface area contributed by atoms with Gasteiger partial charge in [-0.25, -0.2) is 0 Å². The Morgan fingerprint density at radius 3 is 2.43 bits per heavy atom. The van der Waals surface area contributed by atoms with Gasteiger partial charge in [-0.15, -0.1) is 16.8 Å². The van der Waals surface area contributed by atoms with Crippen LogP contribution in [0.25, 0.3) is 0 Å². The van der Waals surface area contributed by atoms with Gasteiger partial charge in [0.2, 0.25) is 0 Å². The smallest absolute Gasteiger partial charge is 0.285 e. The van der Waals surface area contributed by atoms with E-state index in [-0.39, 0.29) is 29.0 Å². The van der Waals surface area contributed by atoms with Crippen molar-refractivity contribution in [1.29, 1.82) is 0 Å². The molecule has 0 aliphatic carbocycles. The van der Waals surface area contributed by atoms with Gasteiger partial charge in [0.25, 0.3) is 15.9 Å². The second-order valence-corrected chi connectivity index (χ2v) is 7.69. The third-order valence-corrected chi connectivity index (χ3v) is 5.39. The number of benzene rings is 2. The minimum atomic E-state index is -3.66. The molecule has 0 fully saturated rings. The van der Waals surface area contributed by atoms with Crippen molar-refractivity contribution in [3.05, 3.63) is 59.7 Å². The van der Waals surface area contributed by atoms with Crippen molar-refractivity contribution in [2.24, 2.45) is 4.40 Å². The number of carbonyl (C=O) groups is 1. The summed E-state index contributed by atoms with van der Waals surface area (Å²) < 4.78 is 28.0. The lowest BCUT2D eigenvalue weighted by Crippen LogP contribution is -2.32. The summed E-state index contributed by atoms with van der Waals surface area (Å²) in [6, 6.07) is 13.5. The average molecular weight is 423 g/mol. The van der Waals surface area contributed by atoms with Crippen LogP contribution in [-0.4, -0.2) is 39.8 Å². The molecule has 1 heterocycles. The van der Waals surface area contributed by atoms with E-state index in [4.69, 9.17) is 0 Å². The maximum atomic E-state index is 12.1. The molecule has 1 aliphatic rings. The fourth-order valence-electron chi connectivity index (χ4n) is 2.71. The van der Waals surface area contributed by atoms with Gasteiger partial charge in [-0.05, 0) is 49.4 Å². The van der Waals surface area contributed by atoms with Crippen LogP contribution in [0.2, 0.25) is 0 Å². The quantitative estimate of drug-likeness (QED) is 0.595. The van der Waals surface area contributed by atoms with Crippen molar-refractivity contribution in [1.82, 2.24) is 10.6 Å². The zero-order chi connectivity index (χ0) is 19.3. The number of amidine groups is 1. The van der Waals surface area contributed by atoms with Crippen molar-refractivity contribution in [3.8, 4) is 0 Å². The normalized spacial score (nSPS) is 13.8. The molecule has 0 spiro atoms.